The molecule has 1 N–H and O–H groups in total. The van der Waals surface area contributed by atoms with Gasteiger partial charge in [-0.15, -0.1) is 0 Å². The third kappa shape index (κ3) is 4.12. The third-order valence-electron chi connectivity index (χ3n) is 6.06. The molecule has 1 atom stereocenters. The maximum atomic E-state index is 13.1. The monoisotopic (exact) mass is 440 g/mol. The molecular weight excluding hydrogens is 412 g/mol. The molecule has 7 heteroatoms. The van der Waals surface area contributed by atoms with Crippen LogP contribution in [0.4, 0.5) is 5.69 Å². The molecule has 2 aromatic carbocycles. The van der Waals surface area contributed by atoms with Gasteiger partial charge in [-0.1, -0.05) is 25.0 Å². The van der Waals surface area contributed by atoms with Crippen molar-refractivity contribution in [1.82, 2.24) is 4.31 Å². The van der Waals surface area contributed by atoms with Gasteiger partial charge in [-0.25, -0.2) is 8.42 Å². The van der Waals surface area contributed by atoms with Crippen molar-refractivity contribution < 1.29 is 17.6 Å². The minimum atomic E-state index is -3.55. The van der Waals surface area contributed by atoms with Crippen molar-refractivity contribution in [3.05, 3.63) is 59.4 Å². The molecule has 1 saturated heterocycles. The van der Waals surface area contributed by atoms with Crippen LogP contribution in [0.1, 0.15) is 54.3 Å². The van der Waals surface area contributed by atoms with Gasteiger partial charge in [0.25, 0.3) is 5.91 Å². The van der Waals surface area contributed by atoms with Gasteiger partial charge in [0, 0.05) is 29.2 Å². The van der Waals surface area contributed by atoms with Crippen LogP contribution in [0.2, 0.25) is 0 Å². The molecule has 0 aliphatic carbocycles. The fourth-order valence-corrected chi connectivity index (χ4v) is 6.05. The molecule has 1 amide bonds. The van der Waals surface area contributed by atoms with Crippen LogP contribution in [0.25, 0.3) is 11.0 Å². The molecule has 0 saturated carbocycles. The highest BCUT2D eigenvalue weighted by atomic mass is 32.2. The van der Waals surface area contributed by atoms with E-state index in [0.717, 1.165) is 42.2 Å². The third-order valence-corrected chi connectivity index (χ3v) is 8.03. The van der Waals surface area contributed by atoms with Gasteiger partial charge in [0.15, 0.2) is 5.76 Å². The first kappa shape index (κ1) is 21.6. The Morgan fingerprint density at radius 2 is 1.87 bits per heavy atom. The van der Waals surface area contributed by atoms with Gasteiger partial charge in [0.05, 0.1) is 4.90 Å². The van der Waals surface area contributed by atoms with E-state index >= 15 is 0 Å². The number of fused-ring (bicyclic) bond motifs is 1. The van der Waals surface area contributed by atoms with Crippen LogP contribution in [-0.4, -0.2) is 31.2 Å². The number of aryl methyl sites for hydroxylation is 2. The average Bonchev–Trinajstić information content (AvgIpc) is 3.10. The van der Waals surface area contributed by atoms with Crippen molar-refractivity contribution in [2.45, 2.75) is 57.4 Å². The molecule has 0 spiro atoms. The van der Waals surface area contributed by atoms with Gasteiger partial charge in [0.2, 0.25) is 10.0 Å². The summed E-state index contributed by atoms with van der Waals surface area (Å²) in [7, 11) is -3.55. The molecule has 1 aliphatic rings. The number of rotatable bonds is 5. The first-order valence-electron chi connectivity index (χ1n) is 10.7. The second kappa shape index (κ2) is 8.48. The normalized spacial score (nSPS) is 17.7. The summed E-state index contributed by atoms with van der Waals surface area (Å²) < 4.78 is 33.6. The van der Waals surface area contributed by atoms with Crippen LogP contribution < -0.4 is 5.32 Å². The molecule has 4 rings (SSSR count). The van der Waals surface area contributed by atoms with Crippen molar-refractivity contribution in [2.75, 3.05) is 11.9 Å². The second-order valence-electron chi connectivity index (χ2n) is 8.21. The zero-order chi connectivity index (χ0) is 22.2. The number of nitrogens with one attached hydrogen (secondary N) is 1. The van der Waals surface area contributed by atoms with E-state index in [-0.39, 0.29) is 22.6 Å². The van der Waals surface area contributed by atoms with Crippen LogP contribution in [0.5, 0.6) is 0 Å². The zero-order valence-corrected chi connectivity index (χ0v) is 19.0. The Balaban J connectivity index is 1.53. The van der Waals surface area contributed by atoms with Crippen molar-refractivity contribution in [2.24, 2.45) is 0 Å². The quantitative estimate of drug-likeness (QED) is 0.587. The van der Waals surface area contributed by atoms with Crippen LogP contribution in [0, 0.1) is 13.8 Å². The Bertz CT molecular complexity index is 1210. The lowest BCUT2D eigenvalue weighted by Crippen LogP contribution is -2.43. The fraction of sp³-hybridized carbons (Fsp3) is 0.375. The smallest absolute Gasteiger partial charge is 0.291 e. The largest absolute Gasteiger partial charge is 0.451 e. The van der Waals surface area contributed by atoms with E-state index in [1.54, 1.807) is 28.6 Å². The maximum absolute atomic E-state index is 13.1. The Morgan fingerprint density at radius 1 is 1.13 bits per heavy atom. The lowest BCUT2D eigenvalue weighted by Gasteiger charge is -2.34. The van der Waals surface area contributed by atoms with Crippen LogP contribution >= 0.6 is 0 Å². The summed E-state index contributed by atoms with van der Waals surface area (Å²) in [5, 5.41) is 3.73. The SMILES string of the molecule is CC[C@@H]1CCCCN1S(=O)(=O)c1ccc(NC(=O)c2oc3ccc(C)cc3c2C)cc1. The molecule has 1 fully saturated rings. The zero-order valence-electron chi connectivity index (χ0n) is 18.1. The Morgan fingerprint density at radius 3 is 2.58 bits per heavy atom. The number of benzene rings is 2. The highest BCUT2D eigenvalue weighted by Crippen LogP contribution is 2.29. The van der Waals surface area contributed by atoms with E-state index in [0.29, 0.717) is 17.8 Å². The van der Waals surface area contributed by atoms with Crippen LogP contribution in [0.3, 0.4) is 0 Å². The minimum absolute atomic E-state index is 0.0535. The fourth-order valence-electron chi connectivity index (χ4n) is 4.28. The van der Waals surface area contributed by atoms with Gasteiger partial charge >= 0.3 is 0 Å². The summed E-state index contributed by atoms with van der Waals surface area (Å²) in [6, 6.07) is 12.2. The summed E-state index contributed by atoms with van der Waals surface area (Å²) in [6.07, 6.45) is 3.67. The highest BCUT2D eigenvalue weighted by molar-refractivity contribution is 7.89. The number of carbonyl (C=O) groups is 1. The molecule has 2 heterocycles. The molecule has 6 nitrogen and oxygen atoms in total. The highest BCUT2D eigenvalue weighted by Gasteiger charge is 2.32. The summed E-state index contributed by atoms with van der Waals surface area (Å²) in [4.78, 5) is 13.0. The van der Waals surface area contributed by atoms with Crippen LogP contribution in [-0.2, 0) is 10.0 Å². The Labute approximate surface area is 183 Å². The van der Waals surface area contributed by atoms with Crippen molar-refractivity contribution in [3.8, 4) is 0 Å². The molecule has 1 aliphatic heterocycles. The van der Waals surface area contributed by atoms with Gasteiger partial charge in [0.1, 0.15) is 5.58 Å². The molecule has 164 valence electrons. The van der Waals surface area contributed by atoms with Crippen molar-refractivity contribution in [1.29, 1.82) is 0 Å². The molecule has 3 aromatic rings. The van der Waals surface area contributed by atoms with E-state index in [2.05, 4.69) is 5.32 Å². The lowest BCUT2D eigenvalue weighted by molar-refractivity contribution is 0.0998. The summed E-state index contributed by atoms with van der Waals surface area (Å²) in [5.41, 5.74) is 3.07. The van der Waals surface area contributed by atoms with Crippen molar-refractivity contribution in [3.63, 3.8) is 0 Å². The lowest BCUT2D eigenvalue weighted by atomic mass is 10.0. The van der Waals surface area contributed by atoms with Gasteiger partial charge < -0.3 is 9.73 Å². The predicted octanol–water partition coefficient (Wildman–Crippen LogP) is 5.26. The van der Waals surface area contributed by atoms with Crippen molar-refractivity contribution >= 4 is 32.6 Å². The first-order valence-corrected chi connectivity index (χ1v) is 12.2. The maximum Gasteiger partial charge on any atom is 0.291 e. The number of amides is 1. The first-order chi connectivity index (χ1) is 14.8. The number of carbonyl (C=O) groups excluding carboxylic acids is 1. The standard InChI is InChI=1S/C24H28N2O4S/c1-4-19-7-5-6-14-26(19)31(28,29)20-11-9-18(10-12-20)25-24(27)23-17(3)21-15-16(2)8-13-22(21)30-23/h8-13,15,19H,4-7,14H2,1-3H3,(H,25,27)/t19-/m1/s1. The van der Waals surface area contributed by atoms with Gasteiger partial charge in [-0.2, -0.15) is 4.31 Å². The number of hydrogen-bond acceptors (Lipinski definition) is 4. The van der Waals surface area contributed by atoms with E-state index < -0.39 is 10.0 Å². The molecule has 0 unspecified atom stereocenters. The Hall–Kier alpha value is -2.64. The molecule has 0 bridgehead atoms. The number of nitrogens with zero attached hydrogens (tertiary/aromatic N) is 1. The number of anilines is 1. The molecule has 1 aromatic heterocycles. The van der Waals surface area contributed by atoms with Gasteiger partial charge in [-0.05, 0) is 69.5 Å². The number of furan rings is 1. The Kier molecular flexibility index (Phi) is 5.90. The van der Waals surface area contributed by atoms with E-state index in [9.17, 15) is 13.2 Å². The number of piperidine rings is 1. The molecular formula is C24H28N2O4S. The van der Waals surface area contributed by atoms with E-state index in [1.807, 2.05) is 39.0 Å². The average molecular weight is 441 g/mol. The topological polar surface area (TPSA) is 79.6 Å². The minimum Gasteiger partial charge on any atom is -0.451 e. The van der Waals surface area contributed by atoms with Gasteiger partial charge in [-0.3, -0.25) is 4.79 Å². The number of sulfonamides is 1. The van der Waals surface area contributed by atoms with Crippen LogP contribution in [0.15, 0.2) is 51.8 Å². The molecule has 0 radical (unpaired) electrons. The summed E-state index contributed by atoms with van der Waals surface area (Å²) in [5.74, 6) is -0.0968. The summed E-state index contributed by atoms with van der Waals surface area (Å²) >= 11 is 0. The second-order valence-corrected chi connectivity index (χ2v) is 10.1. The van der Waals surface area contributed by atoms with E-state index in [4.69, 9.17) is 4.42 Å². The molecule has 31 heavy (non-hydrogen) atoms. The van der Waals surface area contributed by atoms with E-state index in [1.165, 1.54) is 0 Å². The summed E-state index contributed by atoms with van der Waals surface area (Å²) in [6.45, 7) is 6.44. The number of hydrogen-bond donors (Lipinski definition) is 1. The predicted molar refractivity (Wildman–Crippen MR) is 122 cm³/mol.